The van der Waals surface area contributed by atoms with E-state index in [1.807, 2.05) is 0 Å². The molecule has 1 aromatic heterocycles. The van der Waals surface area contributed by atoms with Crippen molar-refractivity contribution < 1.29 is 17.6 Å². The molecule has 3 rings (SSSR count). The van der Waals surface area contributed by atoms with E-state index in [1.54, 1.807) is 24.4 Å². The Kier molecular flexibility index (Phi) is 4.32. The number of hydrogen-bond donors (Lipinski definition) is 3. The number of nitrogens with two attached hydrogens (primary N) is 1. The highest BCUT2D eigenvalue weighted by Crippen LogP contribution is 2.31. The van der Waals surface area contributed by atoms with Gasteiger partial charge >= 0.3 is 0 Å². The zero-order valence-electron chi connectivity index (χ0n) is 13.3. The van der Waals surface area contributed by atoms with Crippen LogP contribution in [0, 0.1) is 5.82 Å². The third-order valence-corrected chi connectivity index (χ3v) is 4.96. The largest absolute Gasteiger partial charge is 0.360 e. The van der Waals surface area contributed by atoms with Crippen molar-refractivity contribution in [1.29, 1.82) is 0 Å². The van der Waals surface area contributed by atoms with Crippen molar-refractivity contribution in [2.45, 2.75) is 11.3 Å². The first-order valence-electron chi connectivity index (χ1n) is 7.43. The fourth-order valence-electron chi connectivity index (χ4n) is 2.76. The number of hydrogen-bond acceptors (Lipinski definition) is 3. The lowest BCUT2D eigenvalue weighted by Crippen LogP contribution is -2.22. The maximum Gasteiger partial charge on any atom is 0.238 e. The molecule has 0 bridgehead atoms. The van der Waals surface area contributed by atoms with Crippen molar-refractivity contribution >= 4 is 26.8 Å². The fraction of sp³-hybridized carbons (Fsp3) is 0.118. The number of nitrogens with one attached hydrogen (secondary N) is 2. The lowest BCUT2D eigenvalue weighted by atomic mass is 10.0. The average molecular weight is 361 g/mol. The van der Waals surface area contributed by atoms with Gasteiger partial charge in [-0.1, -0.05) is 6.07 Å². The van der Waals surface area contributed by atoms with Gasteiger partial charge in [0.25, 0.3) is 0 Å². The molecule has 8 heteroatoms. The Balaban J connectivity index is 2.16. The molecule has 1 amide bonds. The molecule has 4 N–H and O–H groups in total. The van der Waals surface area contributed by atoms with Crippen molar-refractivity contribution in [3.63, 3.8) is 0 Å². The maximum atomic E-state index is 13.3. The minimum absolute atomic E-state index is 0.0919. The molecular weight excluding hydrogens is 345 g/mol. The highest BCUT2D eigenvalue weighted by molar-refractivity contribution is 7.89. The van der Waals surface area contributed by atoms with Crippen molar-refractivity contribution in [3.05, 3.63) is 54.0 Å². The molecule has 0 aliphatic heterocycles. The molecule has 0 spiro atoms. The maximum absolute atomic E-state index is 13.3. The van der Waals surface area contributed by atoms with Gasteiger partial charge in [0.1, 0.15) is 5.82 Å². The van der Waals surface area contributed by atoms with E-state index in [0.29, 0.717) is 16.6 Å². The molecule has 3 aromatic rings. The SMILES string of the molecule is CNC(=O)Cc1cc(-c2c[nH]c3cc(F)ccc23)ccc1S(N)(=O)=O. The first kappa shape index (κ1) is 17.1. The van der Waals surface area contributed by atoms with Crippen molar-refractivity contribution in [2.75, 3.05) is 7.05 Å². The summed E-state index contributed by atoms with van der Waals surface area (Å²) in [6.45, 7) is 0. The van der Waals surface area contributed by atoms with Gasteiger partial charge < -0.3 is 10.3 Å². The molecule has 0 unspecified atom stereocenters. The van der Waals surface area contributed by atoms with E-state index < -0.39 is 10.0 Å². The summed E-state index contributed by atoms with van der Waals surface area (Å²) in [5, 5.41) is 8.49. The quantitative estimate of drug-likeness (QED) is 0.661. The van der Waals surface area contributed by atoms with Gasteiger partial charge in [-0.3, -0.25) is 4.79 Å². The van der Waals surface area contributed by atoms with E-state index in [9.17, 15) is 17.6 Å². The number of primary sulfonamides is 1. The van der Waals surface area contributed by atoms with Gasteiger partial charge in [-0.2, -0.15) is 0 Å². The van der Waals surface area contributed by atoms with Gasteiger partial charge in [0, 0.05) is 29.7 Å². The van der Waals surface area contributed by atoms with Crippen LogP contribution in [0.3, 0.4) is 0 Å². The van der Waals surface area contributed by atoms with Gasteiger partial charge in [0.2, 0.25) is 15.9 Å². The number of halogens is 1. The van der Waals surface area contributed by atoms with Crippen LogP contribution in [-0.2, 0) is 21.2 Å². The highest BCUT2D eigenvalue weighted by atomic mass is 32.2. The first-order valence-corrected chi connectivity index (χ1v) is 8.97. The molecule has 0 atom stereocenters. The van der Waals surface area contributed by atoms with E-state index in [0.717, 1.165) is 10.9 Å². The number of likely N-dealkylation sites (N-methyl/N-ethyl adjacent to an activating group) is 1. The standard InChI is InChI=1S/C17H16FN3O3S/c1-20-17(22)7-11-6-10(2-5-16(11)25(19,23)24)14-9-21-15-8-12(18)3-4-13(14)15/h2-6,8-9,21H,7H2,1H3,(H,20,22)(H2,19,23,24). The molecule has 0 fully saturated rings. The molecule has 6 nitrogen and oxygen atoms in total. The minimum Gasteiger partial charge on any atom is -0.360 e. The lowest BCUT2D eigenvalue weighted by Gasteiger charge is -2.10. The Morgan fingerprint density at radius 3 is 2.68 bits per heavy atom. The van der Waals surface area contributed by atoms with E-state index >= 15 is 0 Å². The molecule has 0 aliphatic rings. The van der Waals surface area contributed by atoms with Crippen molar-refractivity contribution in [1.82, 2.24) is 10.3 Å². The molecule has 0 radical (unpaired) electrons. The molecule has 130 valence electrons. The van der Waals surface area contributed by atoms with Crippen LogP contribution in [0.5, 0.6) is 0 Å². The van der Waals surface area contributed by atoms with Crippen LogP contribution in [0.15, 0.2) is 47.5 Å². The van der Waals surface area contributed by atoms with Crippen LogP contribution in [0.2, 0.25) is 0 Å². The topological polar surface area (TPSA) is 105 Å². The third-order valence-electron chi connectivity index (χ3n) is 3.95. The van der Waals surface area contributed by atoms with E-state index in [1.165, 1.54) is 25.2 Å². The molecule has 1 heterocycles. The second-order valence-electron chi connectivity index (χ2n) is 5.61. The number of carbonyl (C=O) groups excluding carboxylic acids is 1. The number of fused-ring (bicyclic) bond motifs is 1. The number of aromatic nitrogens is 1. The summed E-state index contributed by atoms with van der Waals surface area (Å²) in [7, 11) is -2.49. The van der Waals surface area contributed by atoms with Crippen molar-refractivity contribution in [2.24, 2.45) is 5.14 Å². The number of amides is 1. The van der Waals surface area contributed by atoms with Crippen molar-refractivity contribution in [3.8, 4) is 11.1 Å². The van der Waals surface area contributed by atoms with Crippen LogP contribution in [0.4, 0.5) is 4.39 Å². The van der Waals surface area contributed by atoms with Gasteiger partial charge in [-0.25, -0.2) is 17.9 Å². The van der Waals surface area contributed by atoms with Crippen LogP contribution < -0.4 is 10.5 Å². The summed E-state index contributed by atoms with van der Waals surface area (Å²) in [5.74, 6) is -0.686. The lowest BCUT2D eigenvalue weighted by molar-refractivity contribution is -0.119. The zero-order chi connectivity index (χ0) is 18.2. The normalized spacial score (nSPS) is 11.6. The van der Waals surface area contributed by atoms with Crippen LogP contribution in [0.25, 0.3) is 22.0 Å². The monoisotopic (exact) mass is 361 g/mol. The number of benzene rings is 2. The fourth-order valence-corrected chi connectivity index (χ4v) is 3.52. The number of sulfonamides is 1. The summed E-state index contributed by atoms with van der Waals surface area (Å²) in [6, 6.07) is 8.97. The molecule has 25 heavy (non-hydrogen) atoms. The van der Waals surface area contributed by atoms with Crippen LogP contribution >= 0.6 is 0 Å². The third kappa shape index (κ3) is 3.40. The summed E-state index contributed by atoms with van der Waals surface area (Å²) in [6.07, 6.45) is 1.59. The van der Waals surface area contributed by atoms with E-state index in [4.69, 9.17) is 5.14 Å². The molecular formula is C17H16FN3O3S. The Morgan fingerprint density at radius 2 is 2.00 bits per heavy atom. The predicted octanol–water partition coefficient (Wildman–Crippen LogP) is 1.91. The van der Waals surface area contributed by atoms with E-state index in [-0.39, 0.29) is 23.0 Å². The summed E-state index contributed by atoms with van der Waals surface area (Å²) in [5.41, 5.74) is 2.40. The Labute approximate surface area is 143 Å². The number of H-pyrrole nitrogens is 1. The predicted molar refractivity (Wildman–Crippen MR) is 92.8 cm³/mol. The molecule has 0 saturated carbocycles. The molecule has 0 aliphatic carbocycles. The average Bonchev–Trinajstić information content (AvgIpc) is 2.96. The summed E-state index contributed by atoms with van der Waals surface area (Å²) < 4.78 is 36.9. The van der Waals surface area contributed by atoms with Gasteiger partial charge in [0.15, 0.2) is 0 Å². The Hall–Kier alpha value is -2.71. The van der Waals surface area contributed by atoms with Gasteiger partial charge in [-0.05, 0) is 41.5 Å². The number of rotatable bonds is 4. The molecule has 2 aromatic carbocycles. The number of carbonyl (C=O) groups is 1. The van der Waals surface area contributed by atoms with Gasteiger partial charge in [0.05, 0.1) is 11.3 Å². The summed E-state index contributed by atoms with van der Waals surface area (Å²) in [4.78, 5) is 14.6. The Bertz CT molecular complexity index is 1070. The number of aromatic amines is 1. The van der Waals surface area contributed by atoms with Crippen LogP contribution in [0.1, 0.15) is 5.56 Å². The Morgan fingerprint density at radius 1 is 1.24 bits per heavy atom. The van der Waals surface area contributed by atoms with Crippen LogP contribution in [-0.4, -0.2) is 26.4 Å². The second kappa shape index (κ2) is 6.30. The zero-order valence-corrected chi connectivity index (χ0v) is 14.2. The summed E-state index contributed by atoms with van der Waals surface area (Å²) >= 11 is 0. The molecule has 0 saturated heterocycles. The van der Waals surface area contributed by atoms with Gasteiger partial charge in [-0.15, -0.1) is 0 Å². The highest BCUT2D eigenvalue weighted by Gasteiger charge is 2.18. The van der Waals surface area contributed by atoms with E-state index in [2.05, 4.69) is 10.3 Å². The first-order chi connectivity index (χ1) is 11.8. The minimum atomic E-state index is -3.96. The smallest absolute Gasteiger partial charge is 0.238 e. The second-order valence-corrected chi connectivity index (χ2v) is 7.14.